The van der Waals surface area contributed by atoms with Crippen LogP contribution in [0, 0.1) is 0 Å². The molecule has 1 rings (SSSR count). The Morgan fingerprint density at radius 3 is 2.18 bits per heavy atom. The molecule has 0 aliphatic heterocycles. The first-order chi connectivity index (χ1) is 10.6. The van der Waals surface area contributed by atoms with E-state index in [0.29, 0.717) is 15.9 Å². The average Bonchev–Trinajstić information content (AvgIpc) is 2.57. The zero-order valence-electron chi connectivity index (χ0n) is 12.5. The van der Waals surface area contributed by atoms with Gasteiger partial charge < -0.3 is 15.4 Å². The molecule has 0 fully saturated rings. The van der Waals surface area contributed by atoms with E-state index in [9.17, 15) is 0 Å². The van der Waals surface area contributed by atoms with Crippen LogP contribution in [0.25, 0.3) is 0 Å². The lowest BCUT2D eigenvalue weighted by molar-refractivity contribution is 0.415. The lowest BCUT2D eigenvalue weighted by Crippen LogP contribution is -2.30. The first-order valence-corrected chi connectivity index (χ1v) is 7.13. The maximum absolute atomic E-state index is 5.13. The van der Waals surface area contributed by atoms with E-state index in [1.165, 1.54) is 6.21 Å². The van der Waals surface area contributed by atoms with Gasteiger partial charge in [-0.1, -0.05) is 0 Å². The summed E-state index contributed by atoms with van der Waals surface area (Å²) in [6.07, 6.45) is 1.54. The fourth-order valence-electron chi connectivity index (χ4n) is 1.30. The van der Waals surface area contributed by atoms with E-state index in [-0.39, 0.29) is 0 Å². The molecule has 0 bridgehead atoms. The molecular weight excluding hydrogens is 320 g/mol. The van der Waals surface area contributed by atoms with E-state index in [1.807, 2.05) is 24.3 Å². The van der Waals surface area contributed by atoms with Gasteiger partial charge in [0.25, 0.3) is 0 Å². The number of rotatable bonds is 5. The van der Waals surface area contributed by atoms with Crippen LogP contribution in [0.5, 0.6) is 5.75 Å². The van der Waals surface area contributed by atoms with Gasteiger partial charge in [0.2, 0.25) is 0 Å². The van der Waals surface area contributed by atoms with Crippen LogP contribution in [0.4, 0.5) is 0 Å². The Hall–Kier alpha value is -2.26. The monoisotopic (exact) mass is 338 g/mol. The number of hydrogen-bond acceptors (Lipinski definition) is 5. The molecule has 0 radical (unpaired) electrons. The van der Waals surface area contributed by atoms with Gasteiger partial charge in [-0.05, 0) is 48.7 Å². The van der Waals surface area contributed by atoms with Gasteiger partial charge in [-0.15, -0.1) is 0 Å². The number of benzene rings is 1. The van der Waals surface area contributed by atoms with Gasteiger partial charge in [-0.25, -0.2) is 0 Å². The maximum atomic E-state index is 5.13. The minimum absolute atomic E-state index is 0.401. The summed E-state index contributed by atoms with van der Waals surface area (Å²) in [7, 11) is 5.02. The van der Waals surface area contributed by atoms with Gasteiger partial charge in [0, 0.05) is 19.7 Å². The highest BCUT2D eigenvalue weighted by atomic mass is 32.1. The Morgan fingerprint density at radius 2 is 1.64 bits per heavy atom. The van der Waals surface area contributed by atoms with Crippen LogP contribution < -0.4 is 26.2 Å². The molecule has 7 nitrogen and oxygen atoms in total. The second-order valence-corrected chi connectivity index (χ2v) is 4.68. The van der Waals surface area contributed by atoms with Crippen molar-refractivity contribution in [3.05, 3.63) is 29.8 Å². The van der Waals surface area contributed by atoms with E-state index >= 15 is 0 Å². The van der Waals surface area contributed by atoms with E-state index in [1.54, 1.807) is 21.2 Å². The van der Waals surface area contributed by atoms with E-state index in [2.05, 4.69) is 31.7 Å². The summed E-state index contributed by atoms with van der Waals surface area (Å²) in [4.78, 5) is 0. The van der Waals surface area contributed by atoms with E-state index in [4.69, 9.17) is 29.2 Å². The normalized spacial score (nSPS) is 11.0. The number of nitrogens with one attached hydrogen (secondary N) is 4. The van der Waals surface area contributed by atoms with E-state index < -0.39 is 0 Å². The second kappa shape index (κ2) is 9.64. The minimum atomic E-state index is 0.401. The highest BCUT2D eigenvalue weighted by Crippen LogP contribution is 2.11. The number of thiocarbonyl (C=S) groups is 2. The molecule has 1 aromatic rings. The van der Waals surface area contributed by atoms with Crippen molar-refractivity contribution in [2.24, 2.45) is 10.2 Å². The van der Waals surface area contributed by atoms with Crippen LogP contribution in [0.1, 0.15) is 5.56 Å². The van der Waals surface area contributed by atoms with Gasteiger partial charge in [0.1, 0.15) is 11.5 Å². The van der Waals surface area contributed by atoms with Crippen molar-refractivity contribution in [1.29, 1.82) is 0 Å². The summed E-state index contributed by atoms with van der Waals surface area (Å²) in [5, 5.41) is 14.6. The number of hydrazone groups is 2. The number of ether oxygens (including phenoxy) is 1. The summed E-state index contributed by atoms with van der Waals surface area (Å²) < 4.78 is 5.13. The lowest BCUT2D eigenvalue weighted by atomic mass is 10.1. The van der Waals surface area contributed by atoms with Crippen LogP contribution in [-0.2, 0) is 0 Å². The van der Waals surface area contributed by atoms with Crippen molar-refractivity contribution in [2.75, 3.05) is 21.2 Å². The van der Waals surface area contributed by atoms with Crippen LogP contribution in [-0.4, -0.2) is 43.4 Å². The summed E-state index contributed by atoms with van der Waals surface area (Å²) in [6, 6.07) is 7.40. The molecule has 0 aliphatic rings. The molecule has 0 atom stereocenters. The fraction of sp³-hybridized carbons (Fsp3) is 0.231. The molecule has 4 N–H and O–H groups in total. The van der Waals surface area contributed by atoms with Crippen molar-refractivity contribution in [3.8, 4) is 5.75 Å². The fourth-order valence-corrected chi connectivity index (χ4v) is 1.40. The van der Waals surface area contributed by atoms with Crippen molar-refractivity contribution in [1.82, 2.24) is 21.5 Å². The molecule has 0 saturated heterocycles. The quantitative estimate of drug-likeness (QED) is 0.355. The van der Waals surface area contributed by atoms with Crippen LogP contribution in [0.2, 0.25) is 0 Å². The predicted octanol–water partition coefficient (Wildman–Crippen LogP) is 0.573. The number of methoxy groups -OCH3 is 1. The third-order valence-corrected chi connectivity index (χ3v) is 3.06. The van der Waals surface area contributed by atoms with Crippen molar-refractivity contribution >= 4 is 46.6 Å². The van der Waals surface area contributed by atoms with Crippen molar-refractivity contribution in [2.45, 2.75) is 0 Å². The number of hydrogen-bond donors (Lipinski definition) is 4. The zero-order valence-corrected chi connectivity index (χ0v) is 14.1. The predicted molar refractivity (Wildman–Crippen MR) is 97.6 cm³/mol. The molecule has 0 aromatic heterocycles. The molecule has 0 heterocycles. The highest BCUT2D eigenvalue weighted by molar-refractivity contribution is 7.80. The van der Waals surface area contributed by atoms with Crippen molar-refractivity contribution < 1.29 is 4.74 Å². The number of nitrogens with zero attached hydrogens (tertiary/aromatic N) is 2. The summed E-state index contributed by atoms with van der Waals surface area (Å²) in [5.74, 6) is 0.758. The molecule has 0 unspecified atom stereocenters. The SMILES string of the molecule is CNC(=S)NN=CC(=NNC(=S)NC)c1ccc(OC)cc1. The van der Waals surface area contributed by atoms with Gasteiger partial charge >= 0.3 is 0 Å². The topological polar surface area (TPSA) is 82.1 Å². The standard InChI is InChI=1S/C13H18N6OS2/c1-14-12(21)18-16-8-11(17-19-13(22)15-2)9-4-6-10(20-3)7-5-9/h4-8H,1-3H3,(H2,14,18,21)(H2,15,19,22). The molecular formula is C13H18N6OS2. The molecule has 22 heavy (non-hydrogen) atoms. The van der Waals surface area contributed by atoms with Crippen LogP contribution in [0.15, 0.2) is 34.5 Å². The Morgan fingerprint density at radius 1 is 1.05 bits per heavy atom. The molecule has 9 heteroatoms. The van der Waals surface area contributed by atoms with E-state index in [0.717, 1.165) is 11.3 Å². The third kappa shape index (κ3) is 6.02. The summed E-state index contributed by atoms with van der Waals surface area (Å²) >= 11 is 9.94. The molecule has 118 valence electrons. The third-order valence-electron chi connectivity index (χ3n) is 2.47. The Bertz CT molecular complexity index is 570. The Balaban J connectivity index is 2.93. The molecule has 0 aliphatic carbocycles. The summed E-state index contributed by atoms with van der Waals surface area (Å²) in [5.41, 5.74) is 6.80. The maximum Gasteiger partial charge on any atom is 0.186 e. The molecule has 0 amide bonds. The highest BCUT2D eigenvalue weighted by Gasteiger charge is 2.02. The molecule has 0 saturated carbocycles. The minimum Gasteiger partial charge on any atom is -0.497 e. The largest absolute Gasteiger partial charge is 0.497 e. The van der Waals surface area contributed by atoms with Gasteiger partial charge in [-0.2, -0.15) is 10.2 Å². The van der Waals surface area contributed by atoms with Gasteiger partial charge in [0.15, 0.2) is 10.2 Å². The molecule has 1 aromatic carbocycles. The average molecular weight is 338 g/mol. The molecule has 0 spiro atoms. The zero-order chi connectivity index (χ0) is 16.4. The first kappa shape index (κ1) is 17.8. The van der Waals surface area contributed by atoms with Crippen LogP contribution in [0.3, 0.4) is 0 Å². The van der Waals surface area contributed by atoms with Crippen molar-refractivity contribution in [3.63, 3.8) is 0 Å². The second-order valence-electron chi connectivity index (χ2n) is 3.87. The smallest absolute Gasteiger partial charge is 0.186 e. The lowest BCUT2D eigenvalue weighted by Gasteiger charge is -2.06. The first-order valence-electron chi connectivity index (χ1n) is 6.31. The Kier molecular flexibility index (Phi) is 7.79. The Labute approximate surface area is 140 Å². The van der Waals surface area contributed by atoms with Gasteiger partial charge in [0.05, 0.1) is 13.3 Å². The van der Waals surface area contributed by atoms with Crippen LogP contribution >= 0.6 is 24.4 Å². The van der Waals surface area contributed by atoms with Gasteiger partial charge in [-0.3, -0.25) is 10.9 Å². The summed E-state index contributed by atoms with van der Waals surface area (Å²) in [6.45, 7) is 0.